The van der Waals surface area contributed by atoms with Crippen LogP contribution in [-0.4, -0.2) is 17.5 Å². The Morgan fingerprint density at radius 2 is 2.31 bits per heavy atom. The highest BCUT2D eigenvalue weighted by Crippen LogP contribution is 2.25. The fraction of sp³-hybridized carbons (Fsp3) is 0.538. The average Bonchev–Trinajstić information content (AvgIpc) is 2.72. The Morgan fingerprint density at radius 3 is 3.06 bits per heavy atom. The molecule has 0 aliphatic carbocycles. The van der Waals surface area contributed by atoms with E-state index < -0.39 is 0 Å². The summed E-state index contributed by atoms with van der Waals surface area (Å²) in [5, 5.41) is 0. The number of para-hydroxylation sites is 1. The Balaban J connectivity index is 2.11. The van der Waals surface area contributed by atoms with Crippen LogP contribution in [0, 0.1) is 5.82 Å². The van der Waals surface area contributed by atoms with Gasteiger partial charge in [-0.2, -0.15) is 0 Å². The third-order valence-corrected chi connectivity index (χ3v) is 3.49. The van der Waals surface area contributed by atoms with E-state index in [-0.39, 0.29) is 5.82 Å². The standard InChI is InChI=1S/C13H19FN2/c1-2-11-6-4-8-16(11)9-10-5-3-7-12(14)13(10)15/h3,5,7,11H,2,4,6,8-9,15H2,1H3. The highest BCUT2D eigenvalue weighted by molar-refractivity contribution is 5.47. The van der Waals surface area contributed by atoms with E-state index in [9.17, 15) is 4.39 Å². The van der Waals surface area contributed by atoms with Gasteiger partial charge in [-0.15, -0.1) is 0 Å². The zero-order valence-electron chi connectivity index (χ0n) is 9.75. The zero-order valence-corrected chi connectivity index (χ0v) is 9.75. The predicted molar refractivity (Wildman–Crippen MR) is 64.5 cm³/mol. The predicted octanol–water partition coefficient (Wildman–Crippen LogP) is 2.78. The first-order chi connectivity index (χ1) is 7.72. The summed E-state index contributed by atoms with van der Waals surface area (Å²) in [6.07, 6.45) is 3.66. The van der Waals surface area contributed by atoms with Gasteiger partial charge in [-0.05, 0) is 37.4 Å². The van der Waals surface area contributed by atoms with E-state index in [1.54, 1.807) is 6.07 Å². The van der Waals surface area contributed by atoms with Gasteiger partial charge in [0.05, 0.1) is 5.69 Å². The SMILES string of the molecule is CCC1CCCN1Cc1cccc(F)c1N. The molecule has 1 aliphatic heterocycles. The van der Waals surface area contributed by atoms with E-state index in [4.69, 9.17) is 5.73 Å². The van der Waals surface area contributed by atoms with Gasteiger partial charge in [0.25, 0.3) is 0 Å². The molecule has 2 nitrogen and oxygen atoms in total. The van der Waals surface area contributed by atoms with Gasteiger partial charge in [0.15, 0.2) is 0 Å². The van der Waals surface area contributed by atoms with Crippen molar-refractivity contribution in [1.29, 1.82) is 0 Å². The zero-order chi connectivity index (χ0) is 11.5. The third-order valence-electron chi connectivity index (χ3n) is 3.49. The van der Waals surface area contributed by atoms with Gasteiger partial charge in [0, 0.05) is 12.6 Å². The second-order valence-corrected chi connectivity index (χ2v) is 4.49. The molecule has 1 atom stereocenters. The van der Waals surface area contributed by atoms with Crippen molar-refractivity contribution in [2.75, 3.05) is 12.3 Å². The van der Waals surface area contributed by atoms with Crippen molar-refractivity contribution in [3.63, 3.8) is 0 Å². The number of hydrogen-bond donors (Lipinski definition) is 1. The molecule has 0 aromatic heterocycles. The molecule has 2 N–H and O–H groups in total. The fourth-order valence-electron chi connectivity index (χ4n) is 2.50. The number of anilines is 1. The normalized spacial score (nSPS) is 21.5. The van der Waals surface area contributed by atoms with Crippen molar-refractivity contribution in [1.82, 2.24) is 4.90 Å². The molecule has 1 saturated heterocycles. The van der Waals surface area contributed by atoms with Crippen LogP contribution in [0.15, 0.2) is 18.2 Å². The van der Waals surface area contributed by atoms with Crippen LogP contribution < -0.4 is 5.73 Å². The van der Waals surface area contributed by atoms with E-state index in [0.717, 1.165) is 25.1 Å². The molecular weight excluding hydrogens is 203 g/mol. The molecule has 2 rings (SSSR count). The monoisotopic (exact) mass is 222 g/mol. The molecule has 0 saturated carbocycles. The minimum Gasteiger partial charge on any atom is -0.396 e. The maximum absolute atomic E-state index is 13.3. The smallest absolute Gasteiger partial charge is 0.146 e. The van der Waals surface area contributed by atoms with Gasteiger partial charge < -0.3 is 5.73 Å². The average molecular weight is 222 g/mol. The molecule has 0 bridgehead atoms. The summed E-state index contributed by atoms with van der Waals surface area (Å²) in [5.41, 5.74) is 6.97. The van der Waals surface area contributed by atoms with Crippen LogP contribution in [0.2, 0.25) is 0 Å². The Morgan fingerprint density at radius 1 is 1.50 bits per heavy atom. The van der Waals surface area contributed by atoms with Crippen molar-refractivity contribution in [3.05, 3.63) is 29.6 Å². The first kappa shape index (κ1) is 11.4. The van der Waals surface area contributed by atoms with Crippen molar-refractivity contribution in [3.8, 4) is 0 Å². The van der Waals surface area contributed by atoms with E-state index >= 15 is 0 Å². The van der Waals surface area contributed by atoms with Gasteiger partial charge in [-0.1, -0.05) is 19.1 Å². The molecule has 1 aromatic rings. The lowest BCUT2D eigenvalue weighted by molar-refractivity contribution is 0.240. The number of nitrogens with two attached hydrogens (primary N) is 1. The Kier molecular flexibility index (Phi) is 3.44. The first-order valence-electron chi connectivity index (χ1n) is 5.99. The van der Waals surface area contributed by atoms with Crippen LogP contribution in [0.4, 0.5) is 10.1 Å². The second-order valence-electron chi connectivity index (χ2n) is 4.49. The number of hydrogen-bond acceptors (Lipinski definition) is 2. The van der Waals surface area contributed by atoms with E-state index in [1.807, 2.05) is 6.07 Å². The number of nitrogen functional groups attached to an aromatic ring is 1. The number of benzene rings is 1. The van der Waals surface area contributed by atoms with Crippen molar-refractivity contribution < 1.29 is 4.39 Å². The Labute approximate surface area is 96.2 Å². The summed E-state index contributed by atoms with van der Waals surface area (Å²) in [4.78, 5) is 2.41. The Bertz CT molecular complexity index is 365. The number of halogens is 1. The van der Waals surface area contributed by atoms with Crippen molar-refractivity contribution >= 4 is 5.69 Å². The van der Waals surface area contributed by atoms with Crippen LogP contribution in [-0.2, 0) is 6.54 Å². The molecule has 88 valence electrons. The molecule has 0 spiro atoms. The molecule has 1 fully saturated rings. The maximum atomic E-state index is 13.3. The van der Waals surface area contributed by atoms with Gasteiger partial charge in [0.1, 0.15) is 5.82 Å². The van der Waals surface area contributed by atoms with Crippen LogP contribution in [0.1, 0.15) is 31.7 Å². The summed E-state index contributed by atoms with van der Waals surface area (Å²) in [5.74, 6) is -0.301. The third kappa shape index (κ3) is 2.19. The lowest BCUT2D eigenvalue weighted by Gasteiger charge is -2.23. The van der Waals surface area contributed by atoms with Gasteiger partial charge in [-0.25, -0.2) is 4.39 Å². The highest BCUT2D eigenvalue weighted by Gasteiger charge is 2.23. The summed E-state index contributed by atoms with van der Waals surface area (Å²) in [6, 6.07) is 5.71. The number of rotatable bonds is 3. The molecule has 0 radical (unpaired) electrons. The molecule has 1 aromatic carbocycles. The molecular formula is C13H19FN2. The lowest BCUT2D eigenvalue weighted by Crippen LogP contribution is -2.28. The fourth-order valence-corrected chi connectivity index (χ4v) is 2.50. The molecule has 3 heteroatoms. The van der Waals surface area contributed by atoms with E-state index in [2.05, 4.69) is 11.8 Å². The Hall–Kier alpha value is -1.09. The van der Waals surface area contributed by atoms with E-state index in [1.165, 1.54) is 18.9 Å². The lowest BCUT2D eigenvalue weighted by atomic mass is 10.1. The molecule has 16 heavy (non-hydrogen) atoms. The van der Waals surface area contributed by atoms with E-state index in [0.29, 0.717) is 11.7 Å². The quantitative estimate of drug-likeness (QED) is 0.797. The van der Waals surface area contributed by atoms with Crippen LogP contribution >= 0.6 is 0 Å². The number of likely N-dealkylation sites (tertiary alicyclic amines) is 1. The van der Waals surface area contributed by atoms with Crippen molar-refractivity contribution in [2.24, 2.45) is 0 Å². The minimum atomic E-state index is -0.301. The maximum Gasteiger partial charge on any atom is 0.146 e. The summed E-state index contributed by atoms with van der Waals surface area (Å²) >= 11 is 0. The molecule has 0 amide bonds. The van der Waals surface area contributed by atoms with Crippen molar-refractivity contribution in [2.45, 2.75) is 38.8 Å². The minimum absolute atomic E-state index is 0.301. The van der Waals surface area contributed by atoms with Crippen LogP contribution in [0.25, 0.3) is 0 Å². The summed E-state index contributed by atoms with van der Waals surface area (Å²) in [6.45, 7) is 4.09. The summed E-state index contributed by atoms with van der Waals surface area (Å²) in [7, 11) is 0. The van der Waals surface area contributed by atoms with Crippen LogP contribution in [0.5, 0.6) is 0 Å². The second kappa shape index (κ2) is 4.83. The van der Waals surface area contributed by atoms with Gasteiger partial charge in [-0.3, -0.25) is 4.90 Å². The van der Waals surface area contributed by atoms with Gasteiger partial charge in [0.2, 0.25) is 0 Å². The highest BCUT2D eigenvalue weighted by atomic mass is 19.1. The largest absolute Gasteiger partial charge is 0.396 e. The van der Waals surface area contributed by atoms with Crippen LogP contribution in [0.3, 0.4) is 0 Å². The first-order valence-corrected chi connectivity index (χ1v) is 5.99. The summed E-state index contributed by atoms with van der Waals surface area (Å²) < 4.78 is 13.3. The topological polar surface area (TPSA) is 29.3 Å². The number of nitrogens with zero attached hydrogens (tertiary/aromatic N) is 1. The van der Waals surface area contributed by atoms with Gasteiger partial charge >= 0.3 is 0 Å². The molecule has 1 aliphatic rings. The molecule has 1 unspecified atom stereocenters. The molecule has 1 heterocycles.